The van der Waals surface area contributed by atoms with Gasteiger partial charge in [0.2, 0.25) is 11.8 Å². The molecule has 2 aliphatic heterocycles. The van der Waals surface area contributed by atoms with Crippen LogP contribution >= 0.6 is 21.6 Å². The molecule has 0 aliphatic carbocycles. The molecule has 0 saturated carbocycles. The lowest BCUT2D eigenvalue weighted by Gasteiger charge is -2.42. The van der Waals surface area contributed by atoms with Crippen molar-refractivity contribution in [3.8, 4) is 0 Å². The highest BCUT2D eigenvalue weighted by Crippen LogP contribution is 2.39. The largest absolute Gasteiger partial charge is 0.394 e. The zero-order chi connectivity index (χ0) is 36.6. The van der Waals surface area contributed by atoms with E-state index in [2.05, 4.69) is 21.3 Å². The van der Waals surface area contributed by atoms with Gasteiger partial charge in [-0.15, -0.1) is 0 Å². The number of aliphatic hydroxyl groups excluding tert-OH is 8. The van der Waals surface area contributed by atoms with Gasteiger partial charge >= 0.3 is 0 Å². The summed E-state index contributed by atoms with van der Waals surface area (Å²) in [4.78, 5) is 36.5. The predicted molar refractivity (Wildman–Crippen MR) is 184 cm³/mol. The molecule has 10 atom stereocenters. The molecule has 2 fully saturated rings. The number of carbonyl (C=O) groups is 3. The molecule has 0 radical (unpaired) electrons. The quantitative estimate of drug-likeness (QED) is 0.0442. The number of rotatable bonds is 21. The summed E-state index contributed by atoms with van der Waals surface area (Å²) in [5, 5.41) is 91.9. The Bertz CT molecular complexity index is 1180. The standard InChI is InChI=1S/C31H50N4O13S2/c36-15-21(39)29(48-31-28(45)27(44)26(43)22(16-37)47-31)25(42)20(38)13-34-18-7-5-17(6-8-18)30(46)33-11-10-32-24(41)14-35-23(40)4-2-1-3-19-9-12-49-50-19/h5-8,19-22,25-29,31,34,36-39,42-45H,1-4,9-16H2,(H,32,41)(H,33,46)(H,35,40). The average Bonchev–Trinajstić information content (AvgIpc) is 3.65. The third-order valence-corrected chi connectivity index (χ3v) is 11.2. The van der Waals surface area contributed by atoms with E-state index >= 15 is 0 Å². The van der Waals surface area contributed by atoms with E-state index in [1.54, 1.807) is 0 Å². The van der Waals surface area contributed by atoms with Gasteiger partial charge in [0.1, 0.15) is 42.7 Å². The van der Waals surface area contributed by atoms with E-state index < -0.39 is 74.2 Å². The SMILES string of the molecule is O=C(CCCCC1CCSS1)NCC(=O)NCCNC(=O)c1ccc(NCC(O)C(O)C(OC2OC(CO)C(O)C(O)C2O)C(O)CO)cc1. The number of hydrogen-bond acceptors (Lipinski definition) is 16. The number of unbranched alkanes of at least 4 members (excludes halogenated alkanes) is 1. The van der Waals surface area contributed by atoms with Gasteiger partial charge in [-0.2, -0.15) is 0 Å². The Hall–Kier alpha value is -2.27. The Labute approximate surface area is 297 Å². The van der Waals surface area contributed by atoms with E-state index in [4.69, 9.17) is 9.47 Å². The van der Waals surface area contributed by atoms with Crippen LogP contribution in [0, 0.1) is 0 Å². The minimum atomic E-state index is -1.85. The van der Waals surface area contributed by atoms with Crippen molar-refractivity contribution in [1.29, 1.82) is 0 Å². The summed E-state index contributed by atoms with van der Waals surface area (Å²) in [6.45, 7) is -1.79. The van der Waals surface area contributed by atoms with Gasteiger partial charge in [0.25, 0.3) is 5.91 Å². The summed E-state index contributed by atoms with van der Waals surface area (Å²) < 4.78 is 10.6. The first-order valence-corrected chi connectivity index (χ1v) is 18.9. The van der Waals surface area contributed by atoms with Crippen LogP contribution in [0.5, 0.6) is 0 Å². The number of hydrogen-bond donors (Lipinski definition) is 12. The highest BCUT2D eigenvalue weighted by molar-refractivity contribution is 8.77. The fraction of sp³-hybridized carbons (Fsp3) is 0.710. The van der Waals surface area contributed by atoms with Crippen LogP contribution in [0.1, 0.15) is 42.5 Å². The van der Waals surface area contributed by atoms with Gasteiger partial charge in [-0.3, -0.25) is 14.4 Å². The van der Waals surface area contributed by atoms with Gasteiger partial charge in [-0.05, 0) is 43.5 Å². The monoisotopic (exact) mass is 750 g/mol. The van der Waals surface area contributed by atoms with Gasteiger partial charge in [0, 0.05) is 48.3 Å². The number of amides is 3. The molecule has 0 bridgehead atoms. The van der Waals surface area contributed by atoms with Crippen LogP contribution < -0.4 is 21.3 Å². The Balaban J connectivity index is 1.34. The van der Waals surface area contributed by atoms with Crippen molar-refractivity contribution in [3.05, 3.63) is 29.8 Å². The first-order chi connectivity index (χ1) is 23.9. The molecule has 3 amide bonds. The Morgan fingerprint density at radius 2 is 1.62 bits per heavy atom. The summed E-state index contributed by atoms with van der Waals surface area (Å²) in [5.74, 6) is 0.240. The molecule has 17 nitrogen and oxygen atoms in total. The van der Waals surface area contributed by atoms with Crippen LogP contribution in [0.25, 0.3) is 0 Å². The Kier molecular flexibility index (Phi) is 18.5. The van der Waals surface area contributed by atoms with Crippen molar-refractivity contribution >= 4 is 45.0 Å². The zero-order valence-electron chi connectivity index (χ0n) is 27.5. The molecule has 2 saturated heterocycles. The number of anilines is 1. The lowest BCUT2D eigenvalue weighted by atomic mass is 9.98. The lowest BCUT2D eigenvalue weighted by Crippen LogP contribution is -2.61. The minimum absolute atomic E-state index is 0.143. The van der Waals surface area contributed by atoms with E-state index in [1.807, 2.05) is 21.6 Å². The summed E-state index contributed by atoms with van der Waals surface area (Å²) in [6.07, 6.45) is -10.9. The first-order valence-electron chi connectivity index (χ1n) is 16.5. The number of carbonyl (C=O) groups excluding carboxylic acids is 3. The smallest absolute Gasteiger partial charge is 0.251 e. The number of benzene rings is 1. The van der Waals surface area contributed by atoms with Crippen LogP contribution in [-0.2, 0) is 19.1 Å². The molecule has 12 N–H and O–H groups in total. The Morgan fingerprint density at radius 1 is 0.900 bits per heavy atom. The Morgan fingerprint density at radius 3 is 2.28 bits per heavy atom. The number of ether oxygens (including phenoxy) is 2. The van der Waals surface area contributed by atoms with E-state index in [1.165, 1.54) is 36.4 Å². The summed E-state index contributed by atoms with van der Waals surface area (Å²) in [7, 11) is 3.81. The minimum Gasteiger partial charge on any atom is -0.394 e. The van der Waals surface area contributed by atoms with Crippen molar-refractivity contribution in [3.63, 3.8) is 0 Å². The van der Waals surface area contributed by atoms with Crippen molar-refractivity contribution in [2.75, 3.05) is 50.5 Å². The summed E-state index contributed by atoms with van der Waals surface area (Å²) >= 11 is 0. The second-order valence-corrected chi connectivity index (χ2v) is 14.8. The molecule has 1 aromatic carbocycles. The van der Waals surface area contributed by atoms with Crippen LogP contribution in [0.15, 0.2) is 24.3 Å². The second-order valence-electron chi connectivity index (χ2n) is 12.0. The predicted octanol–water partition coefficient (Wildman–Crippen LogP) is -2.97. The molecule has 2 heterocycles. The van der Waals surface area contributed by atoms with Gasteiger partial charge in [0.05, 0.1) is 25.9 Å². The van der Waals surface area contributed by atoms with Gasteiger partial charge in [0.15, 0.2) is 6.29 Å². The topological polar surface area (TPSA) is 280 Å². The molecule has 19 heteroatoms. The highest BCUT2D eigenvalue weighted by Gasteiger charge is 2.46. The number of aliphatic hydroxyl groups is 8. The van der Waals surface area contributed by atoms with Crippen molar-refractivity contribution in [1.82, 2.24) is 16.0 Å². The van der Waals surface area contributed by atoms with Crippen molar-refractivity contribution < 1.29 is 64.7 Å². The molecule has 10 unspecified atom stereocenters. The van der Waals surface area contributed by atoms with Crippen molar-refractivity contribution in [2.24, 2.45) is 0 Å². The molecular formula is C31H50N4O13S2. The fourth-order valence-corrected chi connectivity index (χ4v) is 8.20. The van der Waals surface area contributed by atoms with Gasteiger partial charge in [-0.25, -0.2) is 0 Å². The molecule has 1 aromatic rings. The second kappa shape index (κ2) is 21.9. The summed E-state index contributed by atoms with van der Waals surface area (Å²) in [6, 6.07) is 6.08. The first kappa shape index (κ1) is 42.1. The van der Waals surface area contributed by atoms with E-state index in [-0.39, 0.29) is 38.0 Å². The summed E-state index contributed by atoms with van der Waals surface area (Å²) in [5.41, 5.74) is 0.752. The highest BCUT2D eigenvalue weighted by atomic mass is 33.1. The maximum Gasteiger partial charge on any atom is 0.251 e. The third kappa shape index (κ3) is 13.4. The normalized spacial score (nSPS) is 26.0. The van der Waals surface area contributed by atoms with E-state index in [0.717, 1.165) is 19.3 Å². The fourth-order valence-electron chi connectivity index (χ4n) is 5.17. The van der Waals surface area contributed by atoms with E-state index in [9.17, 15) is 55.2 Å². The number of nitrogens with one attached hydrogen (secondary N) is 4. The van der Waals surface area contributed by atoms with E-state index in [0.29, 0.717) is 22.9 Å². The van der Waals surface area contributed by atoms with Crippen molar-refractivity contribution in [2.45, 2.75) is 92.5 Å². The lowest BCUT2D eigenvalue weighted by molar-refractivity contribution is -0.326. The van der Waals surface area contributed by atoms with Crippen LogP contribution in [0.3, 0.4) is 0 Å². The maximum atomic E-state index is 12.5. The third-order valence-electron chi connectivity index (χ3n) is 8.19. The maximum absolute atomic E-state index is 12.5. The molecule has 0 spiro atoms. The van der Waals surface area contributed by atoms with Gasteiger partial charge in [-0.1, -0.05) is 28.0 Å². The van der Waals surface area contributed by atoms with Crippen LogP contribution in [0.2, 0.25) is 0 Å². The average molecular weight is 751 g/mol. The van der Waals surface area contributed by atoms with Crippen LogP contribution in [-0.4, -0.2) is 164 Å². The molecular weight excluding hydrogens is 700 g/mol. The molecule has 0 aromatic heterocycles. The molecule has 284 valence electrons. The molecule has 2 aliphatic rings. The van der Waals surface area contributed by atoms with Gasteiger partial charge < -0.3 is 71.6 Å². The molecule has 50 heavy (non-hydrogen) atoms. The van der Waals surface area contributed by atoms with Crippen LogP contribution in [0.4, 0.5) is 5.69 Å². The zero-order valence-corrected chi connectivity index (χ0v) is 29.1. The molecule has 3 rings (SSSR count).